The van der Waals surface area contributed by atoms with Crippen LogP contribution in [0, 0.1) is 20.8 Å². The molecule has 0 unspecified atom stereocenters. The molecule has 2 N–H and O–H groups in total. The van der Waals surface area contributed by atoms with E-state index >= 15 is 0 Å². The molecule has 3 aromatic carbocycles. The predicted octanol–water partition coefficient (Wildman–Crippen LogP) is 5.29. The summed E-state index contributed by atoms with van der Waals surface area (Å²) in [4.78, 5) is 12.5. The van der Waals surface area contributed by atoms with Crippen molar-refractivity contribution < 1.29 is 14.6 Å². The van der Waals surface area contributed by atoms with Crippen LogP contribution in [0.5, 0.6) is 5.75 Å². The van der Waals surface area contributed by atoms with Crippen molar-refractivity contribution in [3.05, 3.63) is 94.7 Å². The summed E-state index contributed by atoms with van der Waals surface area (Å²) < 4.78 is 8.00. The molecule has 0 aliphatic heterocycles. The van der Waals surface area contributed by atoms with Crippen molar-refractivity contribution in [1.29, 1.82) is 0 Å². The zero-order chi connectivity index (χ0) is 24.2. The van der Waals surface area contributed by atoms with Crippen LogP contribution in [-0.2, 0) is 6.54 Å². The molecule has 5 heteroatoms. The third-order valence-electron chi connectivity index (χ3n) is 6.09. The number of rotatable bonds is 9. The van der Waals surface area contributed by atoms with Crippen molar-refractivity contribution in [2.45, 2.75) is 40.3 Å². The number of carbonyl (C=O) groups excluding carboxylic acids is 1. The highest BCUT2D eigenvalue weighted by Crippen LogP contribution is 2.32. The molecule has 0 aliphatic rings. The van der Waals surface area contributed by atoms with Gasteiger partial charge in [0.25, 0.3) is 0 Å². The largest absolute Gasteiger partial charge is 0.491 e. The number of hydrogen-bond donors (Lipinski definition) is 2. The lowest BCUT2D eigenvalue weighted by Crippen LogP contribution is -2.31. The van der Waals surface area contributed by atoms with E-state index in [1.165, 1.54) is 16.7 Å². The first-order chi connectivity index (χ1) is 16.3. The average molecular weight is 457 g/mol. The van der Waals surface area contributed by atoms with Gasteiger partial charge in [-0.25, -0.2) is 0 Å². The van der Waals surface area contributed by atoms with Gasteiger partial charge in [-0.05, 0) is 63.6 Å². The molecule has 176 valence electrons. The van der Waals surface area contributed by atoms with E-state index in [2.05, 4.69) is 72.3 Å². The highest BCUT2D eigenvalue weighted by Gasteiger charge is 2.19. The Balaban J connectivity index is 1.47. The molecule has 0 aliphatic carbocycles. The molecule has 4 rings (SSSR count). The summed E-state index contributed by atoms with van der Waals surface area (Å²) in [5.74, 6) is 0.652. The maximum absolute atomic E-state index is 12.5. The van der Waals surface area contributed by atoms with Gasteiger partial charge >= 0.3 is 0 Å². The summed E-state index contributed by atoms with van der Waals surface area (Å²) in [6, 6.07) is 22.4. The zero-order valence-electron chi connectivity index (χ0n) is 20.3. The van der Waals surface area contributed by atoms with Crippen LogP contribution < -0.4 is 10.1 Å². The molecular formula is C29H32N2O3. The Bertz CT molecular complexity index is 1290. The van der Waals surface area contributed by atoms with E-state index in [4.69, 9.17) is 4.74 Å². The predicted molar refractivity (Wildman–Crippen MR) is 137 cm³/mol. The van der Waals surface area contributed by atoms with E-state index in [9.17, 15) is 9.90 Å². The molecule has 1 aromatic heterocycles. The summed E-state index contributed by atoms with van der Waals surface area (Å²) in [5.41, 5.74) is 7.17. The normalized spacial score (nSPS) is 12.1. The average Bonchev–Trinajstić information content (AvgIpc) is 3.11. The molecule has 0 bridgehead atoms. The third-order valence-corrected chi connectivity index (χ3v) is 6.09. The number of aromatic nitrogens is 1. The minimum absolute atomic E-state index is 0.0193. The number of carbonyl (C=O) groups is 1. The summed E-state index contributed by atoms with van der Waals surface area (Å²) >= 11 is 0. The summed E-state index contributed by atoms with van der Waals surface area (Å²) in [6.45, 7) is 8.97. The van der Waals surface area contributed by atoms with E-state index in [0.717, 1.165) is 22.3 Å². The lowest BCUT2D eigenvalue weighted by Gasteiger charge is -2.14. The molecule has 0 fully saturated rings. The SMILES string of the molecule is CC(=O)c1c(C)n(-c2ccc(C)cc2)c2ccc(OC[C@H](O)CNCc3ccc(C)cc3)cc12. The number of nitrogens with one attached hydrogen (secondary N) is 1. The number of ether oxygens (including phenoxy) is 1. The van der Waals surface area contributed by atoms with Crippen LogP contribution in [0.1, 0.15) is 39.7 Å². The quantitative estimate of drug-likeness (QED) is 0.336. The Labute approximate surface area is 201 Å². The topological polar surface area (TPSA) is 63.5 Å². The number of aliphatic hydroxyl groups excluding tert-OH is 1. The van der Waals surface area contributed by atoms with Crippen LogP contribution in [0.2, 0.25) is 0 Å². The Kier molecular flexibility index (Phi) is 7.15. The molecule has 0 amide bonds. The third kappa shape index (κ3) is 5.22. The first-order valence-electron chi connectivity index (χ1n) is 11.6. The molecule has 5 nitrogen and oxygen atoms in total. The van der Waals surface area contributed by atoms with Gasteiger partial charge in [-0.15, -0.1) is 0 Å². The Hall–Kier alpha value is -3.41. The molecule has 0 spiro atoms. The van der Waals surface area contributed by atoms with Crippen molar-refractivity contribution in [1.82, 2.24) is 9.88 Å². The van der Waals surface area contributed by atoms with Crippen LogP contribution in [0.4, 0.5) is 0 Å². The van der Waals surface area contributed by atoms with Gasteiger partial charge in [0.2, 0.25) is 0 Å². The fourth-order valence-electron chi connectivity index (χ4n) is 4.30. The smallest absolute Gasteiger partial charge is 0.162 e. The Morgan fingerprint density at radius 2 is 1.62 bits per heavy atom. The van der Waals surface area contributed by atoms with Gasteiger partial charge in [-0.3, -0.25) is 4.79 Å². The Morgan fingerprint density at radius 3 is 2.26 bits per heavy atom. The summed E-state index contributed by atoms with van der Waals surface area (Å²) in [7, 11) is 0. The molecule has 0 radical (unpaired) electrons. The van der Waals surface area contributed by atoms with Crippen LogP contribution in [0.25, 0.3) is 16.6 Å². The molecular weight excluding hydrogens is 424 g/mol. The first kappa shape index (κ1) is 23.7. The highest BCUT2D eigenvalue weighted by molar-refractivity contribution is 6.09. The van der Waals surface area contributed by atoms with Gasteiger partial charge in [0, 0.05) is 35.4 Å². The minimum Gasteiger partial charge on any atom is -0.491 e. The van der Waals surface area contributed by atoms with Crippen molar-refractivity contribution in [2.75, 3.05) is 13.2 Å². The van der Waals surface area contributed by atoms with Gasteiger partial charge in [0.15, 0.2) is 5.78 Å². The van der Waals surface area contributed by atoms with E-state index in [1.807, 2.05) is 25.1 Å². The fraction of sp³-hybridized carbons (Fsp3) is 0.276. The van der Waals surface area contributed by atoms with Crippen molar-refractivity contribution >= 4 is 16.7 Å². The maximum Gasteiger partial charge on any atom is 0.162 e. The van der Waals surface area contributed by atoms with Gasteiger partial charge in [-0.2, -0.15) is 0 Å². The molecule has 1 heterocycles. The van der Waals surface area contributed by atoms with Crippen LogP contribution in [0.15, 0.2) is 66.7 Å². The molecule has 4 aromatic rings. The number of aliphatic hydroxyl groups is 1. The van der Waals surface area contributed by atoms with Gasteiger partial charge in [0.1, 0.15) is 18.5 Å². The molecule has 34 heavy (non-hydrogen) atoms. The number of hydrogen-bond acceptors (Lipinski definition) is 4. The number of ketones is 1. The lowest BCUT2D eigenvalue weighted by molar-refractivity contribution is 0.101. The van der Waals surface area contributed by atoms with Crippen LogP contribution >= 0.6 is 0 Å². The zero-order valence-corrected chi connectivity index (χ0v) is 20.3. The molecule has 0 saturated heterocycles. The first-order valence-corrected chi connectivity index (χ1v) is 11.6. The second kappa shape index (κ2) is 10.2. The van der Waals surface area contributed by atoms with Gasteiger partial charge in [-0.1, -0.05) is 47.5 Å². The molecule has 1 atom stereocenters. The number of nitrogens with zero attached hydrogens (tertiary/aromatic N) is 1. The van der Waals surface area contributed by atoms with E-state index < -0.39 is 6.10 Å². The van der Waals surface area contributed by atoms with Crippen molar-refractivity contribution in [3.8, 4) is 11.4 Å². The monoisotopic (exact) mass is 456 g/mol. The number of benzene rings is 3. The highest BCUT2D eigenvalue weighted by atomic mass is 16.5. The van der Waals surface area contributed by atoms with Crippen molar-refractivity contribution in [2.24, 2.45) is 0 Å². The van der Waals surface area contributed by atoms with Gasteiger partial charge < -0.3 is 19.7 Å². The van der Waals surface area contributed by atoms with E-state index in [-0.39, 0.29) is 12.4 Å². The fourth-order valence-corrected chi connectivity index (χ4v) is 4.30. The van der Waals surface area contributed by atoms with Gasteiger partial charge in [0.05, 0.1) is 5.52 Å². The van der Waals surface area contributed by atoms with Crippen LogP contribution in [0.3, 0.4) is 0 Å². The van der Waals surface area contributed by atoms with Crippen LogP contribution in [-0.4, -0.2) is 34.7 Å². The number of fused-ring (bicyclic) bond motifs is 1. The summed E-state index contributed by atoms with van der Waals surface area (Å²) in [6.07, 6.45) is -0.646. The number of Topliss-reactive ketones (excluding diaryl/α,β-unsaturated/α-hetero) is 1. The Morgan fingerprint density at radius 1 is 0.971 bits per heavy atom. The standard InChI is InChI=1S/C29H32N2O3/c1-19-5-9-23(10-6-19)16-30-17-25(33)18-34-26-13-14-28-27(15-26)29(22(4)32)21(3)31(28)24-11-7-20(2)8-12-24/h5-15,25,30,33H,16-18H2,1-4H3/t25-/m1/s1. The van der Waals surface area contributed by atoms with E-state index in [0.29, 0.717) is 24.4 Å². The second-order valence-electron chi connectivity index (χ2n) is 8.95. The maximum atomic E-state index is 12.5. The number of aryl methyl sites for hydroxylation is 2. The second-order valence-corrected chi connectivity index (χ2v) is 8.95. The molecule has 0 saturated carbocycles. The summed E-state index contributed by atoms with van der Waals surface area (Å²) in [5, 5.41) is 14.5. The van der Waals surface area contributed by atoms with Crippen molar-refractivity contribution in [3.63, 3.8) is 0 Å². The van der Waals surface area contributed by atoms with E-state index in [1.54, 1.807) is 6.92 Å². The minimum atomic E-state index is -0.646. The lowest BCUT2D eigenvalue weighted by atomic mass is 10.1.